The summed E-state index contributed by atoms with van der Waals surface area (Å²) in [5, 5.41) is 0. The molecule has 8 nitrogen and oxygen atoms in total. The van der Waals surface area contributed by atoms with E-state index in [0.29, 0.717) is 34.1 Å². The number of rotatable bonds is 14. The average molecular weight is 619 g/mol. The SMILES string of the molecule is COc1cc(COc2cc(OCc3cc(OC)cc(OC)c3)c(C(=O)c3ccccc3)cc2C(=O)c2ccccc2)cc(OC)c1. The molecule has 0 unspecified atom stereocenters. The van der Waals surface area contributed by atoms with Crippen LogP contribution < -0.4 is 28.4 Å². The summed E-state index contributed by atoms with van der Waals surface area (Å²) < 4.78 is 34.3. The summed E-state index contributed by atoms with van der Waals surface area (Å²) in [6, 6.07) is 31.6. The molecule has 0 amide bonds. The molecule has 234 valence electrons. The zero-order valence-electron chi connectivity index (χ0n) is 26.1. The maximum Gasteiger partial charge on any atom is 0.196 e. The van der Waals surface area contributed by atoms with E-state index >= 15 is 0 Å². The lowest BCUT2D eigenvalue weighted by atomic mass is 9.95. The van der Waals surface area contributed by atoms with Crippen LogP contribution in [-0.4, -0.2) is 40.0 Å². The van der Waals surface area contributed by atoms with Crippen molar-refractivity contribution in [3.05, 3.63) is 143 Å². The molecule has 0 fully saturated rings. The molecule has 0 saturated carbocycles. The van der Waals surface area contributed by atoms with Crippen molar-refractivity contribution < 1.29 is 38.0 Å². The molecule has 0 spiro atoms. The van der Waals surface area contributed by atoms with Crippen molar-refractivity contribution in [1.82, 2.24) is 0 Å². The second kappa shape index (κ2) is 14.8. The molecule has 0 N–H and O–H groups in total. The quantitative estimate of drug-likeness (QED) is 0.120. The number of carbonyl (C=O) groups excluding carboxylic acids is 2. The van der Waals surface area contributed by atoms with Crippen molar-refractivity contribution in [2.45, 2.75) is 13.2 Å². The lowest BCUT2D eigenvalue weighted by Gasteiger charge is -2.18. The molecular formula is C38H34O8. The van der Waals surface area contributed by atoms with Crippen LogP contribution in [0, 0.1) is 0 Å². The van der Waals surface area contributed by atoms with Crippen LogP contribution in [0.3, 0.4) is 0 Å². The van der Waals surface area contributed by atoms with E-state index in [4.69, 9.17) is 28.4 Å². The molecule has 0 radical (unpaired) electrons. The third-order valence-electron chi connectivity index (χ3n) is 7.25. The Morgan fingerprint density at radius 2 is 0.804 bits per heavy atom. The first kappa shape index (κ1) is 31.7. The van der Waals surface area contributed by atoms with E-state index in [9.17, 15) is 9.59 Å². The highest BCUT2D eigenvalue weighted by atomic mass is 16.5. The molecule has 8 heteroatoms. The Hall–Kier alpha value is -5.76. The molecule has 5 aromatic rings. The van der Waals surface area contributed by atoms with E-state index in [0.717, 1.165) is 11.1 Å². The molecule has 5 rings (SSSR count). The van der Waals surface area contributed by atoms with Gasteiger partial charge in [0.05, 0.1) is 39.6 Å². The molecule has 5 aromatic carbocycles. The zero-order chi connectivity index (χ0) is 32.5. The fourth-order valence-corrected chi connectivity index (χ4v) is 4.87. The molecule has 0 aliphatic rings. The summed E-state index contributed by atoms with van der Waals surface area (Å²) >= 11 is 0. The Labute approximate surface area is 268 Å². The average Bonchev–Trinajstić information content (AvgIpc) is 3.12. The highest BCUT2D eigenvalue weighted by Gasteiger charge is 2.24. The van der Waals surface area contributed by atoms with Crippen LogP contribution >= 0.6 is 0 Å². The first-order chi connectivity index (χ1) is 22.4. The van der Waals surface area contributed by atoms with Crippen molar-refractivity contribution in [2.24, 2.45) is 0 Å². The van der Waals surface area contributed by atoms with Gasteiger partial charge in [-0.2, -0.15) is 0 Å². The summed E-state index contributed by atoms with van der Waals surface area (Å²) in [6.45, 7) is 0.169. The van der Waals surface area contributed by atoms with E-state index < -0.39 is 0 Å². The van der Waals surface area contributed by atoms with Crippen molar-refractivity contribution in [3.8, 4) is 34.5 Å². The molecule has 46 heavy (non-hydrogen) atoms. The molecule has 0 aliphatic heterocycles. The zero-order valence-corrected chi connectivity index (χ0v) is 26.1. The molecule has 0 aliphatic carbocycles. The maximum atomic E-state index is 13.9. The first-order valence-corrected chi connectivity index (χ1v) is 14.5. The lowest BCUT2D eigenvalue weighted by Crippen LogP contribution is -2.12. The largest absolute Gasteiger partial charge is 0.497 e. The third-order valence-corrected chi connectivity index (χ3v) is 7.25. The fraction of sp³-hybridized carbons (Fsp3) is 0.158. The number of carbonyl (C=O) groups is 2. The normalized spacial score (nSPS) is 10.5. The van der Waals surface area contributed by atoms with Crippen LogP contribution in [0.4, 0.5) is 0 Å². The van der Waals surface area contributed by atoms with Crippen LogP contribution in [0.15, 0.2) is 109 Å². The molecule has 0 bridgehead atoms. The predicted octanol–water partition coefficient (Wildman–Crippen LogP) is 7.34. The minimum Gasteiger partial charge on any atom is -0.497 e. The van der Waals surface area contributed by atoms with Crippen LogP contribution in [0.1, 0.15) is 43.0 Å². The van der Waals surface area contributed by atoms with Crippen LogP contribution in [0.5, 0.6) is 34.5 Å². The monoisotopic (exact) mass is 618 g/mol. The van der Waals surface area contributed by atoms with Gasteiger partial charge in [-0.3, -0.25) is 9.59 Å². The molecular weight excluding hydrogens is 584 g/mol. The van der Waals surface area contributed by atoms with Crippen molar-refractivity contribution >= 4 is 11.6 Å². The predicted molar refractivity (Wildman–Crippen MR) is 174 cm³/mol. The highest BCUT2D eigenvalue weighted by molar-refractivity contribution is 6.15. The second-order valence-electron chi connectivity index (χ2n) is 10.3. The van der Waals surface area contributed by atoms with Gasteiger partial charge in [0.25, 0.3) is 0 Å². The van der Waals surface area contributed by atoms with Crippen LogP contribution in [0.2, 0.25) is 0 Å². The number of ketones is 2. The standard InChI is InChI=1S/C38H34O8/c1-41-29-15-25(16-30(19-29)42-2)23-45-35-22-36(46-24-26-17-31(43-3)20-32(18-26)44-4)34(38(40)28-13-9-6-10-14-28)21-33(35)37(39)27-11-7-5-8-12-27/h5-22H,23-24H2,1-4H3. The van der Waals surface area contributed by atoms with E-state index in [1.807, 2.05) is 36.4 Å². The van der Waals surface area contributed by atoms with Gasteiger partial charge in [0.2, 0.25) is 0 Å². The smallest absolute Gasteiger partial charge is 0.196 e. The van der Waals surface area contributed by atoms with Gasteiger partial charge in [0.15, 0.2) is 11.6 Å². The minimum atomic E-state index is -0.301. The first-order valence-electron chi connectivity index (χ1n) is 14.5. The van der Waals surface area contributed by atoms with Crippen molar-refractivity contribution in [3.63, 3.8) is 0 Å². The van der Waals surface area contributed by atoms with Gasteiger partial charge < -0.3 is 28.4 Å². The van der Waals surface area contributed by atoms with Gasteiger partial charge in [0.1, 0.15) is 47.7 Å². The lowest BCUT2D eigenvalue weighted by molar-refractivity contribution is 0.103. The Morgan fingerprint density at radius 3 is 1.13 bits per heavy atom. The fourth-order valence-electron chi connectivity index (χ4n) is 4.87. The Balaban J connectivity index is 1.60. The van der Waals surface area contributed by atoms with Gasteiger partial charge in [-0.05, 0) is 41.5 Å². The number of benzene rings is 5. The number of ether oxygens (including phenoxy) is 6. The molecule has 0 aromatic heterocycles. The topological polar surface area (TPSA) is 89.5 Å². The molecule has 0 atom stereocenters. The Bertz CT molecular complexity index is 1640. The van der Waals surface area contributed by atoms with Gasteiger partial charge in [-0.15, -0.1) is 0 Å². The van der Waals surface area contributed by atoms with Gasteiger partial charge in [-0.1, -0.05) is 60.7 Å². The summed E-state index contributed by atoms with van der Waals surface area (Å²) in [6.07, 6.45) is 0. The Kier molecular flexibility index (Phi) is 10.2. The highest BCUT2D eigenvalue weighted by Crippen LogP contribution is 2.35. The summed E-state index contributed by atoms with van der Waals surface area (Å²) in [4.78, 5) is 27.8. The summed E-state index contributed by atoms with van der Waals surface area (Å²) in [7, 11) is 6.28. The minimum absolute atomic E-state index is 0.0845. The maximum absolute atomic E-state index is 13.9. The van der Waals surface area contributed by atoms with E-state index in [1.54, 1.807) is 101 Å². The van der Waals surface area contributed by atoms with Gasteiger partial charge in [-0.25, -0.2) is 0 Å². The van der Waals surface area contributed by atoms with E-state index in [-0.39, 0.29) is 47.4 Å². The van der Waals surface area contributed by atoms with Crippen LogP contribution in [-0.2, 0) is 13.2 Å². The van der Waals surface area contributed by atoms with Gasteiger partial charge in [0, 0.05) is 29.3 Å². The second-order valence-corrected chi connectivity index (χ2v) is 10.3. The van der Waals surface area contributed by atoms with Crippen molar-refractivity contribution in [1.29, 1.82) is 0 Å². The number of hydrogen-bond acceptors (Lipinski definition) is 8. The Morgan fingerprint density at radius 1 is 0.457 bits per heavy atom. The van der Waals surface area contributed by atoms with Crippen molar-refractivity contribution in [2.75, 3.05) is 28.4 Å². The van der Waals surface area contributed by atoms with Gasteiger partial charge >= 0.3 is 0 Å². The molecule has 0 heterocycles. The van der Waals surface area contributed by atoms with E-state index in [1.165, 1.54) is 0 Å². The molecule has 0 saturated heterocycles. The summed E-state index contributed by atoms with van der Waals surface area (Å²) in [5.41, 5.74) is 2.84. The van der Waals surface area contributed by atoms with Crippen LogP contribution in [0.25, 0.3) is 0 Å². The summed E-state index contributed by atoms with van der Waals surface area (Å²) in [5.74, 6) is 2.28. The number of methoxy groups -OCH3 is 4. The number of hydrogen-bond donors (Lipinski definition) is 0. The third kappa shape index (κ3) is 7.47. The van der Waals surface area contributed by atoms with E-state index in [2.05, 4.69) is 0 Å².